The van der Waals surface area contributed by atoms with Gasteiger partial charge in [-0.3, -0.25) is 9.69 Å². The molecule has 1 fully saturated rings. The Labute approximate surface area is 116 Å². The minimum absolute atomic E-state index is 0.0731. The van der Waals surface area contributed by atoms with E-state index >= 15 is 0 Å². The van der Waals surface area contributed by atoms with Crippen molar-refractivity contribution in [2.24, 2.45) is 0 Å². The fourth-order valence-corrected chi connectivity index (χ4v) is 2.31. The van der Waals surface area contributed by atoms with Crippen LogP contribution < -0.4 is 0 Å². The summed E-state index contributed by atoms with van der Waals surface area (Å²) in [6.07, 6.45) is -3.96. The number of rotatable bonds is 3. The third-order valence-electron chi connectivity index (χ3n) is 3.48. The Morgan fingerprint density at radius 2 is 1.80 bits per heavy atom. The fraction of sp³-hybridized carbons (Fsp3) is 0.500. The Balaban J connectivity index is 2.16. The molecule has 1 aliphatic heterocycles. The molecule has 0 amide bonds. The number of carbonyl (C=O) groups is 1. The minimum Gasteiger partial charge on any atom is -0.304 e. The lowest BCUT2D eigenvalue weighted by molar-refractivity contribution is -0.137. The third kappa shape index (κ3) is 3.80. The molecule has 0 bridgehead atoms. The molecule has 110 valence electrons. The molecule has 0 radical (unpaired) electrons. The van der Waals surface area contributed by atoms with E-state index in [2.05, 4.69) is 9.80 Å². The van der Waals surface area contributed by atoms with E-state index in [1.54, 1.807) is 0 Å². The summed E-state index contributed by atoms with van der Waals surface area (Å²) in [7, 11) is 2.02. The maximum atomic E-state index is 12.8. The SMILES string of the molecule is CN1CCN(Cc2cc(C=O)cc(C(F)(F)F)c2)CC1. The Morgan fingerprint density at radius 3 is 2.35 bits per heavy atom. The van der Waals surface area contributed by atoms with E-state index in [9.17, 15) is 18.0 Å². The Hall–Kier alpha value is -1.40. The zero-order valence-electron chi connectivity index (χ0n) is 11.3. The van der Waals surface area contributed by atoms with Crippen LogP contribution in [0.5, 0.6) is 0 Å². The van der Waals surface area contributed by atoms with Crippen LogP contribution in [0, 0.1) is 0 Å². The van der Waals surface area contributed by atoms with Crippen LogP contribution in [0.2, 0.25) is 0 Å². The summed E-state index contributed by atoms with van der Waals surface area (Å²) >= 11 is 0. The zero-order chi connectivity index (χ0) is 14.8. The molecule has 1 saturated heterocycles. The third-order valence-corrected chi connectivity index (χ3v) is 3.48. The van der Waals surface area contributed by atoms with Gasteiger partial charge in [-0.1, -0.05) is 0 Å². The smallest absolute Gasteiger partial charge is 0.304 e. The molecule has 3 nitrogen and oxygen atoms in total. The van der Waals surface area contributed by atoms with E-state index < -0.39 is 11.7 Å². The molecule has 1 aromatic carbocycles. The van der Waals surface area contributed by atoms with Gasteiger partial charge in [-0.05, 0) is 30.8 Å². The van der Waals surface area contributed by atoms with Crippen LogP contribution in [-0.2, 0) is 12.7 Å². The molecule has 1 aromatic rings. The van der Waals surface area contributed by atoms with E-state index in [1.165, 1.54) is 6.07 Å². The van der Waals surface area contributed by atoms with Gasteiger partial charge in [0.05, 0.1) is 5.56 Å². The van der Waals surface area contributed by atoms with Gasteiger partial charge in [-0.2, -0.15) is 13.2 Å². The average molecular weight is 286 g/mol. The summed E-state index contributed by atoms with van der Waals surface area (Å²) in [4.78, 5) is 15.1. The maximum absolute atomic E-state index is 12.8. The second kappa shape index (κ2) is 5.93. The van der Waals surface area contributed by atoms with Gasteiger partial charge in [0, 0.05) is 38.3 Å². The number of carbonyl (C=O) groups excluding carboxylic acids is 1. The van der Waals surface area contributed by atoms with Crippen molar-refractivity contribution in [2.75, 3.05) is 33.2 Å². The second-order valence-corrected chi connectivity index (χ2v) is 5.16. The molecule has 1 aliphatic rings. The molecule has 0 unspecified atom stereocenters. The van der Waals surface area contributed by atoms with Crippen molar-refractivity contribution in [3.05, 3.63) is 34.9 Å². The lowest BCUT2D eigenvalue weighted by atomic mass is 10.1. The molecule has 0 aliphatic carbocycles. The van der Waals surface area contributed by atoms with Gasteiger partial charge in [-0.15, -0.1) is 0 Å². The lowest BCUT2D eigenvalue weighted by Crippen LogP contribution is -2.43. The monoisotopic (exact) mass is 286 g/mol. The van der Waals surface area contributed by atoms with E-state index in [-0.39, 0.29) is 5.56 Å². The first-order chi connectivity index (χ1) is 9.38. The molecule has 0 saturated carbocycles. The van der Waals surface area contributed by atoms with Gasteiger partial charge >= 0.3 is 6.18 Å². The Bertz CT molecular complexity index is 480. The van der Waals surface area contributed by atoms with Crippen molar-refractivity contribution >= 4 is 6.29 Å². The minimum atomic E-state index is -4.42. The number of nitrogens with zero attached hydrogens (tertiary/aromatic N) is 2. The van der Waals surface area contributed by atoms with Gasteiger partial charge < -0.3 is 4.90 Å². The fourth-order valence-electron chi connectivity index (χ4n) is 2.31. The highest BCUT2D eigenvalue weighted by Gasteiger charge is 2.31. The summed E-state index contributed by atoms with van der Waals surface area (Å²) in [5, 5.41) is 0. The van der Waals surface area contributed by atoms with Crippen LogP contribution in [-0.4, -0.2) is 49.3 Å². The van der Waals surface area contributed by atoms with Gasteiger partial charge in [0.2, 0.25) is 0 Å². The van der Waals surface area contributed by atoms with Crippen molar-refractivity contribution in [1.29, 1.82) is 0 Å². The number of likely N-dealkylation sites (N-methyl/N-ethyl adjacent to an activating group) is 1. The van der Waals surface area contributed by atoms with Crippen LogP contribution in [0.15, 0.2) is 18.2 Å². The molecular weight excluding hydrogens is 269 g/mol. The Morgan fingerprint density at radius 1 is 1.15 bits per heavy atom. The van der Waals surface area contributed by atoms with Gasteiger partial charge in [-0.25, -0.2) is 0 Å². The molecule has 0 spiro atoms. The molecule has 0 aromatic heterocycles. The molecule has 1 heterocycles. The van der Waals surface area contributed by atoms with Crippen molar-refractivity contribution < 1.29 is 18.0 Å². The van der Waals surface area contributed by atoms with Crippen molar-refractivity contribution in [3.8, 4) is 0 Å². The maximum Gasteiger partial charge on any atom is 0.416 e. The molecule has 2 rings (SSSR count). The highest BCUT2D eigenvalue weighted by molar-refractivity contribution is 5.75. The standard InChI is InChI=1S/C14H17F3N2O/c1-18-2-4-19(5-3-18)9-11-6-12(10-20)8-13(7-11)14(15,16)17/h6-8,10H,2-5,9H2,1H3. The second-order valence-electron chi connectivity index (χ2n) is 5.16. The summed E-state index contributed by atoms with van der Waals surface area (Å²) < 4.78 is 38.3. The summed E-state index contributed by atoms with van der Waals surface area (Å²) in [5.41, 5.74) is -0.151. The Kier molecular flexibility index (Phi) is 4.45. The highest BCUT2D eigenvalue weighted by Crippen LogP contribution is 2.30. The normalized spacial score (nSPS) is 18.2. The molecule has 0 N–H and O–H groups in total. The predicted molar refractivity (Wildman–Crippen MR) is 69.6 cm³/mol. The topological polar surface area (TPSA) is 23.6 Å². The van der Waals surface area contributed by atoms with Crippen LogP contribution in [0.1, 0.15) is 21.5 Å². The first-order valence-corrected chi connectivity index (χ1v) is 6.46. The van der Waals surface area contributed by atoms with E-state index in [0.717, 1.165) is 38.3 Å². The van der Waals surface area contributed by atoms with E-state index in [0.29, 0.717) is 18.4 Å². The lowest BCUT2D eigenvalue weighted by Gasteiger charge is -2.32. The number of hydrogen-bond donors (Lipinski definition) is 0. The molecule has 0 atom stereocenters. The van der Waals surface area contributed by atoms with Crippen LogP contribution >= 0.6 is 0 Å². The number of alkyl halides is 3. The van der Waals surface area contributed by atoms with Crippen LogP contribution in [0.3, 0.4) is 0 Å². The van der Waals surface area contributed by atoms with Crippen LogP contribution in [0.25, 0.3) is 0 Å². The van der Waals surface area contributed by atoms with Gasteiger partial charge in [0.25, 0.3) is 0 Å². The molecule has 20 heavy (non-hydrogen) atoms. The van der Waals surface area contributed by atoms with Crippen molar-refractivity contribution in [3.63, 3.8) is 0 Å². The number of piperazine rings is 1. The number of benzene rings is 1. The van der Waals surface area contributed by atoms with Gasteiger partial charge in [0.1, 0.15) is 6.29 Å². The quantitative estimate of drug-likeness (QED) is 0.796. The van der Waals surface area contributed by atoms with Crippen molar-refractivity contribution in [1.82, 2.24) is 9.80 Å². The summed E-state index contributed by atoms with van der Waals surface area (Å²) in [6.45, 7) is 3.89. The highest BCUT2D eigenvalue weighted by atomic mass is 19.4. The van der Waals surface area contributed by atoms with E-state index in [1.807, 2.05) is 7.05 Å². The first-order valence-electron chi connectivity index (χ1n) is 6.46. The number of hydrogen-bond acceptors (Lipinski definition) is 3. The summed E-state index contributed by atoms with van der Waals surface area (Å²) in [6, 6.07) is 3.55. The largest absolute Gasteiger partial charge is 0.416 e. The molecule has 6 heteroatoms. The van der Waals surface area contributed by atoms with Gasteiger partial charge in [0.15, 0.2) is 0 Å². The molecular formula is C14H17F3N2O. The first kappa shape index (κ1) is 15.0. The van der Waals surface area contributed by atoms with Crippen LogP contribution in [0.4, 0.5) is 13.2 Å². The number of aldehydes is 1. The number of halogens is 3. The average Bonchev–Trinajstić information content (AvgIpc) is 2.40. The summed E-state index contributed by atoms with van der Waals surface area (Å²) in [5.74, 6) is 0. The predicted octanol–water partition coefficient (Wildman–Crippen LogP) is 2.27. The van der Waals surface area contributed by atoms with Crippen molar-refractivity contribution in [2.45, 2.75) is 12.7 Å². The zero-order valence-corrected chi connectivity index (χ0v) is 11.3. The van der Waals surface area contributed by atoms with E-state index in [4.69, 9.17) is 0 Å².